The van der Waals surface area contributed by atoms with Crippen molar-refractivity contribution >= 4 is 14.2 Å². The third-order valence-electron chi connectivity index (χ3n) is 5.28. The van der Waals surface area contributed by atoms with Crippen molar-refractivity contribution in [3.63, 3.8) is 0 Å². The largest absolute Gasteiger partial charge is 0.413 e. The molecule has 1 aliphatic heterocycles. The second kappa shape index (κ2) is 5.81. The van der Waals surface area contributed by atoms with Gasteiger partial charge in [-0.05, 0) is 25.1 Å². The van der Waals surface area contributed by atoms with E-state index in [9.17, 15) is 4.79 Å². The topological polar surface area (TPSA) is 67.0 Å². The van der Waals surface area contributed by atoms with Crippen LogP contribution in [0.4, 0.5) is 0 Å². The molecule has 2 heterocycles. The lowest BCUT2D eigenvalue weighted by Crippen LogP contribution is -2.65. The van der Waals surface area contributed by atoms with Gasteiger partial charge < -0.3 is 14.7 Å². The van der Waals surface area contributed by atoms with E-state index in [1.165, 1.54) is 0 Å². The van der Waals surface area contributed by atoms with Crippen LogP contribution >= 0.6 is 0 Å². The number of imidazole rings is 1. The van der Waals surface area contributed by atoms with Crippen LogP contribution in [-0.2, 0) is 9.22 Å². The first-order chi connectivity index (χ1) is 10.0. The quantitative estimate of drug-likeness (QED) is 0.646. The van der Waals surface area contributed by atoms with Gasteiger partial charge in [-0.15, -0.1) is 0 Å². The molecule has 1 aromatic heterocycles. The van der Waals surface area contributed by atoms with Gasteiger partial charge in [-0.3, -0.25) is 4.79 Å². The number of hydrogen-bond acceptors (Lipinski definition) is 3. The summed E-state index contributed by atoms with van der Waals surface area (Å²) in [5.41, 5.74) is 0. The Balaban J connectivity index is 2.08. The lowest BCUT2D eigenvalue weighted by Gasteiger charge is -2.46. The molecule has 1 aliphatic rings. The van der Waals surface area contributed by atoms with Gasteiger partial charge in [0.05, 0.1) is 18.1 Å². The highest BCUT2D eigenvalue weighted by Gasteiger charge is 2.49. The minimum Gasteiger partial charge on any atom is -0.413 e. The van der Waals surface area contributed by atoms with Crippen molar-refractivity contribution in [2.24, 2.45) is 5.92 Å². The van der Waals surface area contributed by atoms with Crippen molar-refractivity contribution in [3.05, 3.63) is 18.2 Å². The van der Waals surface area contributed by atoms with Crippen LogP contribution in [0.15, 0.2) is 12.4 Å². The molecule has 1 amide bonds. The molecule has 1 fully saturated rings. The number of rotatable bonds is 5. The molecule has 0 radical (unpaired) electrons. The van der Waals surface area contributed by atoms with E-state index >= 15 is 0 Å². The van der Waals surface area contributed by atoms with E-state index in [1.54, 1.807) is 6.20 Å². The molecule has 1 saturated heterocycles. The average Bonchev–Trinajstić information content (AvgIpc) is 2.86. The second-order valence-corrected chi connectivity index (χ2v) is 12.7. The monoisotopic (exact) mass is 323 g/mol. The third kappa shape index (κ3) is 3.13. The normalized spacial score (nSPS) is 25.3. The van der Waals surface area contributed by atoms with E-state index in [0.717, 1.165) is 5.82 Å². The number of carbonyl (C=O) groups is 1. The van der Waals surface area contributed by atoms with Gasteiger partial charge >= 0.3 is 0 Å². The number of aromatic amines is 1. The second-order valence-electron chi connectivity index (χ2n) is 7.91. The molecule has 0 saturated carbocycles. The predicted molar refractivity (Wildman–Crippen MR) is 90.2 cm³/mol. The third-order valence-corrected chi connectivity index (χ3v) is 9.85. The number of β-lactam (4-membered cyclic amide) rings is 1. The zero-order valence-corrected chi connectivity index (χ0v) is 15.7. The van der Waals surface area contributed by atoms with E-state index in [0.29, 0.717) is 0 Å². The molecular formula is C16H29N3O2Si. The number of nitrogens with zero attached hydrogens (tertiary/aromatic N) is 1. The molecule has 1 aromatic rings. The summed E-state index contributed by atoms with van der Waals surface area (Å²) in [5.74, 6) is 1.06. The smallest absolute Gasteiger partial charge is 0.228 e. The first-order valence-corrected chi connectivity index (χ1v) is 10.9. The molecule has 5 nitrogen and oxygen atoms in total. The highest BCUT2D eigenvalue weighted by atomic mass is 28.4. The summed E-state index contributed by atoms with van der Waals surface area (Å²) in [4.78, 5) is 19.5. The van der Waals surface area contributed by atoms with E-state index in [4.69, 9.17) is 4.43 Å². The molecule has 124 valence electrons. The molecule has 0 bridgehead atoms. The van der Waals surface area contributed by atoms with Gasteiger partial charge in [-0.2, -0.15) is 0 Å². The highest BCUT2D eigenvalue weighted by Crippen LogP contribution is 2.40. The summed E-state index contributed by atoms with van der Waals surface area (Å²) in [5, 5.41) is 3.17. The Kier molecular flexibility index (Phi) is 4.55. The fourth-order valence-corrected chi connectivity index (χ4v) is 4.20. The van der Waals surface area contributed by atoms with Gasteiger partial charge in [-0.1, -0.05) is 27.7 Å². The standard InChI is InChI=1S/C16H29N3O2Si/c1-10(14-17-8-9-18-14)13-12(15(20)19-13)11(2)21-22(6,7)16(3,4)5/h8-13H,1-7H3,(H,17,18)(H,19,20)/t10-,11-,12-,13-/m1/s1. The Hall–Kier alpha value is -1.14. The van der Waals surface area contributed by atoms with E-state index in [1.807, 2.05) is 13.1 Å². The molecule has 22 heavy (non-hydrogen) atoms. The lowest BCUT2D eigenvalue weighted by atomic mass is 9.78. The number of carbonyl (C=O) groups excluding carboxylic acids is 1. The van der Waals surface area contributed by atoms with E-state index < -0.39 is 8.32 Å². The zero-order chi connectivity index (χ0) is 16.7. The van der Waals surface area contributed by atoms with Crippen LogP contribution < -0.4 is 5.32 Å². The number of amides is 1. The van der Waals surface area contributed by atoms with Gasteiger partial charge in [-0.25, -0.2) is 4.98 Å². The van der Waals surface area contributed by atoms with Crippen LogP contribution in [-0.4, -0.2) is 36.3 Å². The number of H-pyrrole nitrogens is 1. The molecule has 4 atom stereocenters. The average molecular weight is 324 g/mol. The molecular weight excluding hydrogens is 294 g/mol. The molecule has 6 heteroatoms. The van der Waals surface area contributed by atoms with Crippen molar-refractivity contribution in [2.45, 2.75) is 70.8 Å². The van der Waals surface area contributed by atoms with Gasteiger partial charge in [0.2, 0.25) is 5.91 Å². The highest BCUT2D eigenvalue weighted by molar-refractivity contribution is 6.74. The zero-order valence-electron chi connectivity index (χ0n) is 14.7. The summed E-state index contributed by atoms with van der Waals surface area (Å²) in [7, 11) is -1.88. The Bertz CT molecular complexity index is 522. The number of aromatic nitrogens is 2. The summed E-state index contributed by atoms with van der Waals surface area (Å²) in [6.45, 7) is 15.2. The lowest BCUT2D eigenvalue weighted by molar-refractivity contribution is -0.140. The minimum absolute atomic E-state index is 0.0722. The Morgan fingerprint density at radius 3 is 2.41 bits per heavy atom. The van der Waals surface area contributed by atoms with Crippen molar-refractivity contribution in [2.75, 3.05) is 0 Å². The van der Waals surface area contributed by atoms with Crippen LogP contribution in [0.3, 0.4) is 0 Å². The van der Waals surface area contributed by atoms with Crippen molar-refractivity contribution in [3.8, 4) is 0 Å². The first-order valence-electron chi connectivity index (χ1n) is 8.02. The van der Waals surface area contributed by atoms with Crippen molar-refractivity contribution in [1.29, 1.82) is 0 Å². The van der Waals surface area contributed by atoms with Crippen molar-refractivity contribution < 1.29 is 9.22 Å². The van der Waals surface area contributed by atoms with E-state index in [2.05, 4.69) is 56.1 Å². The summed E-state index contributed by atoms with van der Waals surface area (Å²) in [6.07, 6.45) is 3.49. The summed E-state index contributed by atoms with van der Waals surface area (Å²) in [6, 6.07) is 0.0819. The van der Waals surface area contributed by atoms with Crippen LogP contribution in [0.1, 0.15) is 46.4 Å². The minimum atomic E-state index is -1.88. The first kappa shape index (κ1) is 17.2. The van der Waals surface area contributed by atoms with Crippen LogP contribution in [0, 0.1) is 5.92 Å². The van der Waals surface area contributed by atoms with Gasteiger partial charge in [0.15, 0.2) is 8.32 Å². The maximum Gasteiger partial charge on any atom is 0.228 e. The molecule has 2 N–H and O–H groups in total. The predicted octanol–water partition coefficient (Wildman–Crippen LogP) is 3.04. The molecule has 0 unspecified atom stereocenters. The Morgan fingerprint density at radius 1 is 1.32 bits per heavy atom. The molecule has 0 aromatic carbocycles. The van der Waals surface area contributed by atoms with E-state index in [-0.39, 0.29) is 34.9 Å². The van der Waals surface area contributed by atoms with Crippen LogP contribution in [0.2, 0.25) is 18.1 Å². The van der Waals surface area contributed by atoms with Gasteiger partial charge in [0.1, 0.15) is 5.82 Å². The van der Waals surface area contributed by atoms with Gasteiger partial charge in [0.25, 0.3) is 0 Å². The number of hydrogen-bond donors (Lipinski definition) is 2. The fourth-order valence-electron chi connectivity index (χ4n) is 2.77. The summed E-state index contributed by atoms with van der Waals surface area (Å²) < 4.78 is 6.42. The Labute approximate surface area is 134 Å². The molecule has 0 spiro atoms. The summed E-state index contributed by atoms with van der Waals surface area (Å²) >= 11 is 0. The maximum atomic E-state index is 12.1. The van der Waals surface area contributed by atoms with Crippen LogP contribution in [0.5, 0.6) is 0 Å². The van der Waals surface area contributed by atoms with Gasteiger partial charge in [0, 0.05) is 18.3 Å². The van der Waals surface area contributed by atoms with Crippen molar-refractivity contribution in [1.82, 2.24) is 15.3 Å². The van der Waals surface area contributed by atoms with Crippen LogP contribution in [0.25, 0.3) is 0 Å². The maximum absolute atomic E-state index is 12.1. The molecule has 2 rings (SSSR count). The Morgan fingerprint density at radius 2 is 1.95 bits per heavy atom. The fraction of sp³-hybridized carbons (Fsp3) is 0.750. The molecule has 0 aliphatic carbocycles. The SMILES string of the molecule is C[C@@H](O[Si](C)(C)C(C)(C)C)[C@H]1C(=O)N[C@@H]1[C@@H](C)c1ncc[nH]1. The number of nitrogens with one attached hydrogen (secondary N) is 2.